The summed E-state index contributed by atoms with van der Waals surface area (Å²) >= 11 is 0. The van der Waals surface area contributed by atoms with Crippen molar-refractivity contribution in [2.45, 2.75) is 19.8 Å². The van der Waals surface area contributed by atoms with E-state index in [-0.39, 0.29) is 5.91 Å². The molecule has 29 heavy (non-hydrogen) atoms. The van der Waals surface area contributed by atoms with Crippen molar-refractivity contribution in [2.75, 3.05) is 25.2 Å². The highest BCUT2D eigenvalue weighted by atomic mass is 16.5. The first-order valence-corrected chi connectivity index (χ1v) is 9.36. The number of hydrogen-bond donors (Lipinski definition) is 2. The van der Waals surface area contributed by atoms with Crippen molar-refractivity contribution in [1.82, 2.24) is 10.9 Å². The molecule has 8 heteroatoms. The van der Waals surface area contributed by atoms with Crippen LogP contribution in [-0.2, 0) is 4.79 Å². The van der Waals surface area contributed by atoms with Gasteiger partial charge in [0, 0.05) is 18.5 Å². The minimum Gasteiger partial charge on any atom is -0.493 e. The van der Waals surface area contributed by atoms with Crippen LogP contribution in [0.3, 0.4) is 0 Å². The van der Waals surface area contributed by atoms with Crippen LogP contribution >= 0.6 is 0 Å². The van der Waals surface area contributed by atoms with E-state index in [0.29, 0.717) is 47.9 Å². The summed E-state index contributed by atoms with van der Waals surface area (Å²) in [6.45, 7) is 2.89. The summed E-state index contributed by atoms with van der Waals surface area (Å²) in [5.74, 6) is -0.0831. The second kappa shape index (κ2) is 9.09. The molecule has 152 valence electrons. The lowest BCUT2D eigenvalue weighted by Crippen LogP contribution is -2.42. The molecule has 0 radical (unpaired) electrons. The minimum absolute atomic E-state index is 0.0178. The topological polar surface area (TPSA) is 97.0 Å². The molecule has 1 saturated heterocycles. The number of hydrazine groups is 1. The standard InChI is InChI=1S/C21H23N3O5/c1-3-29-17-11-10-14(13-18(17)28-2)20(26)22-23-21(27)15-7-4-5-8-16(15)24-12-6-9-19(24)25/h4-5,7-8,10-11,13H,3,6,9,12H2,1-2H3,(H,22,26)(H,23,27). The van der Waals surface area contributed by atoms with Crippen molar-refractivity contribution in [3.63, 3.8) is 0 Å². The van der Waals surface area contributed by atoms with Crippen LogP contribution in [0, 0.1) is 0 Å². The van der Waals surface area contributed by atoms with Crippen molar-refractivity contribution in [3.05, 3.63) is 53.6 Å². The summed E-state index contributed by atoms with van der Waals surface area (Å²) in [6.07, 6.45) is 1.22. The Balaban J connectivity index is 1.70. The van der Waals surface area contributed by atoms with Crippen LogP contribution < -0.4 is 25.2 Å². The molecule has 2 N–H and O–H groups in total. The Morgan fingerprint density at radius 2 is 1.83 bits per heavy atom. The Morgan fingerprint density at radius 3 is 2.52 bits per heavy atom. The number of para-hydroxylation sites is 1. The molecule has 2 aromatic rings. The number of ether oxygens (including phenoxy) is 2. The molecule has 3 amide bonds. The molecule has 0 aromatic heterocycles. The van der Waals surface area contributed by atoms with Gasteiger partial charge in [-0.2, -0.15) is 0 Å². The second-order valence-corrected chi connectivity index (χ2v) is 6.37. The summed E-state index contributed by atoms with van der Waals surface area (Å²) in [7, 11) is 1.48. The number of nitrogens with one attached hydrogen (secondary N) is 2. The van der Waals surface area contributed by atoms with Gasteiger partial charge in [0.15, 0.2) is 11.5 Å². The van der Waals surface area contributed by atoms with Crippen LogP contribution in [0.2, 0.25) is 0 Å². The van der Waals surface area contributed by atoms with Crippen molar-refractivity contribution in [3.8, 4) is 11.5 Å². The van der Waals surface area contributed by atoms with E-state index in [0.717, 1.165) is 6.42 Å². The summed E-state index contributed by atoms with van der Waals surface area (Å²) < 4.78 is 10.7. The molecule has 0 unspecified atom stereocenters. The second-order valence-electron chi connectivity index (χ2n) is 6.37. The monoisotopic (exact) mass is 397 g/mol. The average Bonchev–Trinajstić information content (AvgIpc) is 3.18. The van der Waals surface area contributed by atoms with Crippen LogP contribution in [0.1, 0.15) is 40.5 Å². The van der Waals surface area contributed by atoms with Gasteiger partial charge in [-0.15, -0.1) is 0 Å². The highest BCUT2D eigenvalue weighted by molar-refractivity contribution is 6.06. The van der Waals surface area contributed by atoms with Crippen molar-refractivity contribution in [1.29, 1.82) is 0 Å². The Kier molecular flexibility index (Phi) is 6.33. The van der Waals surface area contributed by atoms with Crippen molar-refractivity contribution < 1.29 is 23.9 Å². The lowest BCUT2D eigenvalue weighted by Gasteiger charge is -2.19. The summed E-state index contributed by atoms with van der Waals surface area (Å²) in [5.41, 5.74) is 5.94. The van der Waals surface area contributed by atoms with Crippen LogP contribution in [-0.4, -0.2) is 38.0 Å². The molecule has 0 atom stereocenters. The molecule has 1 heterocycles. The van der Waals surface area contributed by atoms with Crippen molar-refractivity contribution >= 4 is 23.4 Å². The van der Waals surface area contributed by atoms with Gasteiger partial charge in [0.1, 0.15) is 0 Å². The molecule has 0 aliphatic carbocycles. The molecule has 1 fully saturated rings. The largest absolute Gasteiger partial charge is 0.493 e. The number of benzene rings is 2. The van der Waals surface area contributed by atoms with Gasteiger partial charge in [-0.05, 0) is 43.7 Å². The molecular weight excluding hydrogens is 374 g/mol. The summed E-state index contributed by atoms with van der Waals surface area (Å²) in [5, 5.41) is 0. The number of amides is 3. The maximum absolute atomic E-state index is 12.6. The van der Waals surface area contributed by atoms with Gasteiger partial charge in [0.05, 0.1) is 25.0 Å². The molecule has 1 aliphatic rings. The molecule has 0 spiro atoms. The Bertz CT molecular complexity index is 928. The minimum atomic E-state index is -0.508. The van der Waals surface area contributed by atoms with Gasteiger partial charge in [-0.1, -0.05) is 12.1 Å². The van der Waals surface area contributed by atoms with Crippen LogP contribution in [0.4, 0.5) is 5.69 Å². The lowest BCUT2D eigenvalue weighted by atomic mass is 10.1. The zero-order chi connectivity index (χ0) is 20.8. The fraction of sp³-hybridized carbons (Fsp3) is 0.286. The number of anilines is 1. The zero-order valence-corrected chi connectivity index (χ0v) is 16.4. The molecule has 3 rings (SSSR count). The number of carbonyl (C=O) groups excluding carboxylic acids is 3. The van der Waals surface area contributed by atoms with E-state index in [2.05, 4.69) is 10.9 Å². The first-order chi connectivity index (χ1) is 14.0. The highest BCUT2D eigenvalue weighted by Gasteiger charge is 2.25. The van der Waals surface area contributed by atoms with E-state index in [9.17, 15) is 14.4 Å². The van der Waals surface area contributed by atoms with E-state index in [1.54, 1.807) is 41.3 Å². The molecular formula is C21H23N3O5. The average molecular weight is 397 g/mol. The number of rotatable bonds is 6. The van der Waals surface area contributed by atoms with Gasteiger partial charge in [0.25, 0.3) is 11.8 Å². The molecule has 2 aromatic carbocycles. The molecule has 0 bridgehead atoms. The van der Waals surface area contributed by atoms with Gasteiger partial charge in [-0.3, -0.25) is 25.2 Å². The first-order valence-electron chi connectivity index (χ1n) is 9.36. The molecule has 1 aliphatic heterocycles. The summed E-state index contributed by atoms with van der Waals surface area (Å²) in [6, 6.07) is 11.5. The summed E-state index contributed by atoms with van der Waals surface area (Å²) in [4.78, 5) is 38.7. The maximum atomic E-state index is 12.6. The number of methoxy groups -OCH3 is 1. The Labute approximate surface area is 168 Å². The van der Waals surface area contributed by atoms with Crippen LogP contribution in [0.25, 0.3) is 0 Å². The van der Waals surface area contributed by atoms with Gasteiger partial charge in [-0.25, -0.2) is 0 Å². The Hall–Kier alpha value is -3.55. The lowest BCUT2D eigenvalue weighted by molar-refractivity contribution is -0.117. The fourth-order valence-electron chi connectivity index (χ4n) is 3.14. The predicted octanol–water partition coefficient (Wildman–Crippen LogP) is 2.30. The van der Waals surface area contributed by atoms with Gasteiger partial charge in [0.2, 0.25) is 5.91 Å². The quantitative estimate of drug-likeness (QED) is 0.729. The smallest absolute Gasteiger partial charge is 0.271 e. The predicted molar refractivity (Wildman–Crippen MR) is 107 cm³/mol. The maximum Gasteiger partial charge on any atom is 0.271 e. The molecule has 8 nitrogen and oxygen atoms in total. The van der Waals surface area contributed by atoms with Crippen molar-refractivity contribution in [2.24, 2.45) is 0 Å². The van der Waals surface area contributed by atoms with Gasteiger partial charge >= 0.3 is 0 Å². The normalized spacial score (nSPS) is 13.2. The number of carbonyl (C=O) groups is 3. The number of hydrogen-bond acceptors (Lipinski definition) is 5. The van der Waals surface area contributed by atoms with E-state index in [4.69, 9.17) is 9.47 Å². The highest BCUT2D eigenvalue weighted by Crippen LogP contribution is 2.28. The third kappa shape index (κ3) is 4.48. The third-order valence-corrected chi connectivity index (χ3v) is 4.53. The number of nitrogens with zero attached hydrogens (tertiary/aromatic N) is 1. The van der Waals surface area contributed by atoms with E-state index in [1.165, 1.54) is 13.2 Å². The van der Waals surface area contributed by atoms with E-state index < -0.39 is 11.8 Å². The Morgan fingerprint density at radius 1 is 1.07 bits per heavy atom. The fourth-order valence-corrected chi connectivity index (χ4v) is 3.14. The van der Waals surface area contributed by atoms with Crippen LogP contribution in [0.5, 0.6) is 11.5 Å². The molecule has 0 saturated carbocycles. The first kappa shape index (κ1) is 20.2. The van der Waals surface area contributed by atoms with Crippen LogP contribution in [0.15, 0.2) is 42.5 Å². The SMILES string of the molecule is CCOc1ccc(C(=O)NNC(=O)c2ccccc2N2CCCC2=O)cc1OC. The van der Waals surface area contributed by atoms with E-state index in [1.807, 2.05) is 6.92 Å². The third-order valence-electron chi connectivity index (χ3n) is 4.53. The van der Waals surface area contributed by atoms with Gasteiger partial charge < -0.3 is 14.4 Å². The zero-order valence-electron chi connectivity index (χ0n) is 16.4. The van der Waals surface area contributed by atoms with E-state index >= 15 is 0 Å².